The van der Waals surface area contributed by atoms with E-state index in [-0.39, 0.29) is 31.7 Å². The van der Waals surface area contributed by atoms with E-state index in [2.05, 4.69) is 22.8 Å². The molecule has 8 heteroatoms. The van der Waals surface area contributed by atoms with Gasteiger partial charge in [0.1, 0.15) is 19.9 Å². The Hall–Kier alpha value is -3.39. The number of hydrogen-bond donors (Lipinski definition) is 2. The van der Waals surface area contributed by atoms with E-state index in [0.717, 1.165) is 35.1 Å². The van der Waals surface area contributed by atoms with Crippen LogP contribution in [0.1, 0.15) is 29.9 Å². The largest absolute Gasteiger partial charge is 0.467 e. The molecule has 0 saturated heterocycles. The van der Waals surface area contributed by atoms with Gasteiger partial charge >= 0.3 is 12.1 Å². The van der Waals surface area contributed by atoms with Crippen molar-refractivity contribution in [2.75, 3.05) is 27.0 Å². The van der Waals surface area contributed by atoms with Gasteiger partial charge in [-0.2, -0.15) is 0 Å². The van der Waals surface area contributed by atoms with Crippen LogP contribution in [0, 0.1) is 5.92 Å². The molecule has 1 atom stereocenters. The average Bonchev–Trinajstić information content (AvgIpc) is 3.61. The predicted octanol–water partition coefficient (Wildman–Crippen LogP) is 2.57. The Kier molecular flexibility index (Phi) is 6.70. The molecule has 0 bridgehead atoms. The first-order valence-electron chi connectivity index (χ1n) is 10.6. The average molecular weight is 438 g/mol. The lowest BCUT2D eigenvalue weighted by atomic mass is 9.98. The summed E-state index contributed by atoms with van der Waals surface area (Å²) in [6, 6.07) is 16.1. The van der Waals surface area contributed by atoms with E-state index < -0.39 is 24.1 Å². The second-order valence-corrected chi connectivity index (χ2v) is 7.87. The molecule has 1 unspecified atom stereocenters. The minimum Gasteiger partial charge on any atom is -0.467 e. The molecule has 168 valence electrons. The number of amides is 2. The highest BCUT2D eigenvalue weighted by Crippen LogP contribution is 2.44. The minimum absolute atomic E-state index is 0.0481. The Bertz CT molecular complexity index is 958. The fourth-order valence-electron chi connectivity index (χ4n) is 3.99. The quantitative estimate of drug-likeness (QED) is 0.461. The van der Waals surface area contributed by atoms with Gasteiger partial charge in [0.05, 0.1) is 7.11 Å². The third-order valence-corrected chi connectivity index (χ3v) is 5.75. The third kappa shape index (κ3) is 4.91. The summed E-state index contributed by atoms with van der Waals surface area (Å²) in [6.45, 7) is -0.222. The van der Waals surface area contributed by atoms with Crippen LogP contribution in [0.2, 0.25) is 0 Å². The number of benzene rings is 2. The molecule has 2 N–H and O–H groups in total. The van der Waals surface area contributed by atoms with Gasteiger partial charge in [0.2, 0.25) is 5.91 Å². The van der Waals surface area contributed by atoms with Crippen LogP contribution in [0.5, 0.6) is 0 Å². The second-order valence-electron chi connectivity index (χ2n) is 7.87. The summed E-state index contributed by atoms with van der Waals surface area (Å²) in [4.78, 5) is 35.8. The van der Waals surface area contributed by atoms with Gasteiger partial charge in [0.25, 0.3) is 0 Å². The molecule has 8 nitrogen and oxygen atoms in total. The molecule has 2 amide bonds. The molecule has 0 aromatic heterocycles. The summed E-state index contributed by atoms with van der Waals surface area (Å²) in [5.41, 5.74) is 4.53. The number of carbonyl (C=O) groups is 3. The van der Waals surface area contributed by atoms with Gasteiger partial charge in [-0.25, -0.2) is 9.59 Å². The fraction of sp³-hybridized carbons (Fsp3) is 0.375. The summed E-state index contributed by atoms with van der Waals surface area (Å²) in [5.74, 6) is -0.803. The normalized spacial score (nSPS) is 15.3. The Morgan fingerprint density at radius 3 is 2.19 bits per heavy atom. The zero-order chi connectivity index (χ0) is 22.5. The molecule has 2 aliphatic carbocycles. The van der Waals surface area contributed by atoms with Crippen LogP contribution in [0.3, 0.4) is 0 Å². The van der Waals surface area contributed by atoms with E-state index in [9.17, 15) is 14.4 Å². The van der Waals surface area contributed by atoms with Gasteiger partial charge in [-0.1, -0.05) is 48.5 Å². The number of fused-ring (bicyclic) bond motifs is 3. The number of carbonyl (C=O) groups excluding carboxylic acids is 3. The zero-order valence-electron chi connectivity index (χ0n) is 17.8. The van der Waals surface area contributed by atoms with Crippen molar-refractivity contribution in [3.63, 3.8) is 0 Å². The van der Waals surface area contributed by atoms with E-state index in [1.807, 2.05) is 36.4 Å². The van der Waals surface area contributed by atoms with Gasteiger partial charge in [-0.3, -0.25) is 4.79 Å². The van der Waals surface area contributed by atoms with Crippen LogP contribution in [-0.2, 0) is 23.8 Å². The van der Waals surface area contributed by atoms with Crippen molar-refractivity contribution in [3.05, 3.63) is 59.7 Å². The molecule has 2 aromatic carbocycles. The molecule has 0 heterocycles. The number of alkyl carbamates (subject to hydrolysis) is 1. The first-order valence-corrected chi connectivity index (χ1v) is 10.6. The molecule has 32 heavy (non-hydrogen) atoms. The Balaban J connectivity index is 1.21. The molecule has 2 aliphatic rings. The lowest BCUT2D eigenvalue weighted by Gasteiger charge is -2.16. The first-order chi connectivity index (χ1) is 15.6. The summed E-state index contributed by atoms with van der Waals surface area (Å²) >= 11 is 0. The van der Waals surface area contributed by atoms with E-state index in [1.54, 1.807) is 0 Å². The van der Waals surface area contributed by atoms with Crippen molar-refractivity contribution >= 4 is 18.0 Å². The van der Waals surface area contributed by atoms with Crippen LogP contribution in [-0.4, -0.2) is 51.1 Å². The lowest BCUT2D eigenvalue weighted by molar-refractivity contribution is -0.157. The van der Waals surface area contributed by atoms with E-state index in [4.69, 9.17) is 14.2 Å². The van der Waals surface area contributed by atoms with Gasteiger partial charge < -0.3 is 24.8 Å². The van der Waals surface area contributed by atoms with Crippen molar-refractivity contribution < 1.29 is 28.6 Å². The second kappa shape index (κ2) is 9.82. The zero-order valence-corrected chi connectivity index (χ0v) is 17.8. The number of rotatable bonds is 9. The van der Waals surface area contributed by atoms with Crippen LogP contribution < -0.4 is 10.6 Å². The highest BCUT2D eigenvalue weighted by atomic mass is 16.6. The topological polar surface area (TPSA) is 103 Å². The summed E-state index contributed by atoms with van der Waals surface area (Å²) in [5, 5.41) is 4.96. The Morgan fingerprint density at radius 1 is 0.969 bits per heavy atom. The number of esters is 1. The van der Waals surface area contributed by atoms with Gasteiger partial charge in [-0.15, -0.1) is 0 Å². The van der Waals surface area contributed by atoms with Crippen molar-refractivity contribution in [1.29, 1.82) is 0 Å². The van der Waals surface area contributed by atoms with Gasteiger partial charge in [0.15, 0.2) is 6.10 Å². The van der Waals surface area contributed by atoms with Crippen molar-refractivity contribution in [2.24, 2.45) is 5.92 Å². The molecule has 1 saturated carbocycles. The van der Waals surface area contributed by atoms with E-state index in [0.29, 0.717) is 0 Å². The van der Waals surface area contributed by atoms with E-state index >= 15 is 0 Å². The maximum Gasteiger partial charge on any atom is 0.407 e. The standard InChI is InChI=1S/C24H26N2O6/c1-30-23(28)22(15-10-11-15)32-14-26-21(27)12-25-24(29)31-13-20-18-8-4-2-6-16(18)17-7-3-5-9-19(17)20/h2-9,15,20,22H,10-14H2,1H3,(H,25,29)(H,26,27). The molecule has 0 aliphatic heterocycles. The summed E-state index contributed by atoms with van der Waals surface area (Å²) in [6.07, 6.45) is 0.456. The number of methoxy groups -OCH3 is 1. The smallest absolute Gasteiger partial charge is 0.407 e. The fourth-order valence-corrected chi connectivity index (χ4v) is 3.99. The molecule has 2 aromatic rings. The van der Waals surface area contributed by atoms with Crippen LogP contribution in [0.4, 0.5) is 4.79 Å². The molecule has 0 spiro atoms. The van der Waals surface area contributed by atoms with Crippen molar-refractivity contribution in [1.82, 2.24) is 10.6 Å². The van der Waals surface area contributed by atoms with Crippen LogP contribution in [0.15, 0.2) is 48.5 Å². The Morgan fingerprint density at radius 2 is 1.59 bits per heavy atom. The Labute approximate surface area is 186 Å². The third-order valence-electron chi connectivity index (χ3n) is 5.75. The molecular formula is C24H26N2O6. The lowest BCUT2D eigenvalue weighted by Crippen LogP contribution is -2.40. The maximum atomic E-state index is 12.1. The highest BCUT2D eigenvalue weighted by Gasteiger charge is 2.38. The highest BCUT2D eigenvalue weighted by molar-refractivity contribution is 5.82. The molecule has 0 radical (unpaired) electrons. The summed E-state index contributed by atoms with van der Waals surface area (Å²) < 4.78 is 15.5. The molecule has 1 fully saturated rings. The predicted molar refractivity (Wildman–Crippen MR) is 116 cm³/mol. The monoisotopic (exact) mass is 438 g/mol. The van der Waals surface area contributed by atoms with Gasteiger partial charge in [-0.05, 0) is 41.0 Å². The number of nitrogens with one attached hydrogen (secondary N) is 2. The summed E-state index contributed by atoms with van der Waals surface area (Å²) in [7, 11) is 1.30. The molecule has 4 rings (SSSR count). The van der Waals surface area contributed by atoms with Crippen molar-refractivity contribution in [3.8, 4) is 11.1 Å². The minimum atomic E-state index is -0.673. The van der Waals surface area contributed by atoms with Crippen molar-refractivity contribution in [2.45, 2.75) is 24.9 Å². The maximum absolute atomic E-state index is 12.1. The van der Waals surface area contributed by atoms with Crippen LogP contribution in [0.25, 0.3) is 11.1 Å². The van der Waals surface area contributed by atoms with Crippen LogP contribution >= 0.6 is 0 Å². The SMILES string of the molecule is COC(=O)C(OCNC(=O)CNC(=O)OCC1c2ccccc2-c2ccccc21)C1CC1. The van der Waals surface area contributed by atoms with E-state index in [1.165, 1.54) is 7.11 Å². The number of hydrogen-bond acceptors (Lipinski definition) is 6. The molecular weight excluding hydrogens is 412 g/mol. The van der Waals surface area contributed by atoms with Gasteiger partial charge in [0, 0.05) is 5.92 Å². The first kappa shape index (κ1) is 21.8. The number of ether oxygens (including phenoxy) is 3.